The number of aromatic nitrogens is 2. The van der Waals surface area contributed by atoms with Gasteiger partial charge in [0, 0.05) is 31.2 Å². The largest absolute Gasteiger partial charge is 0.341 e. The molecule has 0 aromatic carbocycles. The highest BCUT2D eigenvalue weighted by atomic mass is 32.2. The van der Waals surface area contributed by atoms with Gasteiger partial charge in [0.2, 0.25) is 15.9 Å². The van der Waals surface area contributed by atoms with Crippen LogP contribution >= 0.6 is 0 Å². The molecular formula is C21H33N5O3S. The topological polar surface area (TPSA) is 108 Å². The summed E-state index contributed by atoms with van der Waals surface area (Å²) in [6, 6.07) is 2.19. The molecular weight excluding hydrogens is 402 g/mol. The lowest BCUT2D eigenvalue weighted by Crippen LogP contribution is -2.50. The number of carbonyl (C=O) groups is 1. The zero-order valence-electron chi connectivity index (χ0n) is 18.1. The van der Waals surface area contributed by atoms with Crippen LogP contribution in [-0.4, -0.2) is 53.4 Å². The number of carbonyl (C=O) groups excluding carboxylic acids is 1. The first-order valence-electron chi connectivity index (χ1n) is 11.0. The molecule has 1 N–H and O–H groups in total. The Hall–Kier alpha value is -1.92. The average molecular weight is 436 g/mol. The van der Waals surface area contributed by atoms with E-state index in [0.717, 1.165) is 42.6 Å². The van der Waals surface area contributed by atoms with E-state index in [1.54, 1.807) is 4.90 Å². The van der Waals surface area contributed by atoms with E-state index < -0.39 is 15.3 Å². The zero-order valence-corrected chi connectivity index (χ0v) is 18.9. The fourth-order valence-corrected chi connectivity index (χ4v) is 6.40. The van der Waals surface area contributed by atoms with Crippen LogP contribution in [0.2, 0.25) is 0 Å². The molecule has 2 aliphatic rings. The van der Waals surface area contributed by atoms with Gasteiger partial charge in [0.05, 0.1) is 30.0 Å². The van der Waals surface area contributed by atoms with Gasteiger partial charge in [-0.15, -0.1) is 0 Å². The number of nitrogens with zero attached hydrogens (tertiary/aromatic N) is 4. The summed E-state index contributed by atoms with van der Waals surface area (Å²) < 4.78 is 30.3. The highest BCUT2D eigenvalue weighted by Crippen LogP contribution is 2.23. The van der Waals surface area contributed by atoms with Crippen molar-refractivity contribution in [2.24, 2.45) is 0 Å². The summed E-state index contributed by atoms with van der Waals surface area (Å²) in [7, 11) is -3.40. The van der Waals surface area contributed by atoms with Crippen LogP contribution in [0.4, 0.5) is 0 Å². The molecule has 2 fully saturated rings. The summed E-state index contributed by atoms with van der Waals surface area (Å²) in [4.78, 5) is 14.5. The van der Waals surface area contributed by atoms with E-state index in [9.17, 15) is 13.2 Å². The molecule has 1 aromatic rings. The van der Waals surface area contributed by atoms with Gasteiger partial charge in [-0.3, -0.25) is 9.48 Å². The molecule has 0 radical (unpaired) electrons. The molecule has 9 heteroatoms. The number of sulfonamides is 1. The normalized spacial score (nSPS) is 20.4. The molecule has 0 bridgehead atoms. The van der Waals surface area contributed by atoms with Crippen molar-refractivity contribution in [2.45, 2.75) is 89.5 Å². The van der Waals surface area contributed by atoms with Crippen LogP contribution < -0.4 is 4.72 Å². The van der Waals surface area contributed by atoms with E-state index in [0.29, 0.717) is 45.2 Å². The average Bonchev–Trinajstić information content (AvgIpc) is 3.32. The minimum Gasteiger partial charge on any atom is -0.341 e. The van der Waals surface area contributed by atoms with Crippen molar-refractivity contribution in [3.8, 4) is 6.07 Å². The predicted molar refractivity (Wildman–Crippen MR) is 114 cm³/mol. The van der Waals surface area contributed by atoms with Gasteiger partial charge in [0.1, 0.15) is 0 Å². The first-order chi connectivity index (χ1) is 14.3. The minimum atomic E-state index is -3.40. The van der Waals surface area contributed by atoms with Crippen molar-refractivity contribution in [3.63, 3.8) is 0 Å². The van der Waals surface area contributed by atoms with E-state index in [4.69, 9.17) is 5.26 Å². The van der Waals surface area contributed by atoms with E-state index in [1.807, 2.05) is 18.5 Å². The number of piperidine rings is 1. The van der Waals surface area contributed by atoms with Gasteiger partial charge in [0.25, 0.3) is 0 Å². The first-order valence-corrected chi connectivity index (χ1v) is 12.5. The van der Waals surface area contributed by atoms with Gasteiger partial charge in [0.15, 0.2) is 0 Å². The molecule has 2 heterocycles. The Kier molecular flexibility index (Phi) is 7.53. The Morgan fingerprint density at radius 3 is 2.67 bits per heavy atom. The van der Waals surface area contributed by atoms with Gasteiger partial charge in [-0.1, -0.05) is 12.8 Å². The fraction of sp³-hybridized carbons (Fsp3) is 0.762. The molecule has 1 aliphatic heterocycles. The Balaban J connectivity index is 1.57. The van der Waals surface area contributed by atoms with Gasteiger partial charge in [-0.25, -0.2) is 13.1 Å². The summed E-state index contributed by atoms with van der Waals surface area (Å²) in [5, 5.41) is 12.7. The molecule has 1 unspecified atom stereocenters. The molecule has 0 spiro atoms. The van der Waals surface area contributed by atoms with Gasteiger partial charge < -0.3 is 4.90 Å². The van der Waals surface area contributed by atoms with Crippen LogP contribution in [0.3, 0.4) is 0 Å². The number of nitrogens with one attached hydrogen (secondary N) is 1. The van der Waals surface area contributed by atoms with Crippen LogP contribution in [-0.2, 0) is 27.8 Å². The monoisotopic (exact) mass is 435 g/mol. The molecule has 166 valence electrons. The van der Waals surface area contributed by atoms with E-state index in [1.165, 1.54) is 0 Å². The molecule has 1 aliphatic carbocycles. The van der Waals surface area contributed by atoms with Crippen LogP contribution in [0.25, 0.3) is 0 Å². The minimum absolute atomic E-state index is 0.000610. The number of hydrogen-bond donors (Lipinski definition) is 1. The summed E-state index contributed by atoms with van der Waals surface area (Å²) in [6.45, 7) is 5.34. The molecule has 1 atom stereocenters. The van der Waals surface area contributed by atoms with Gasteiger partial charge >= 0.3 is 0 Å². The predicted octanol–water partition coefficient (Wildman–Crippen LogP) is 2.20. The maximum Gasteiger partial charge on any atom is 0.222 e. The third-order valence-electron chi connectivity index (χ3n) is 6.41. The summed E-state index contributed by atoms with van der Waals surface area (Å²) >= 11 is 0. The number of nitriles is 1. The van der Waals surface area contributed by atoms with E-state index in [-0.39, 0.29) is 18.5 Å². The molecule has 3 rings (SSSR count). The molecule has 1 saturated carbocycles. The summed E-state index contributed by atoms with van der Waals surface area (Å²) in [6.07, 6.45) is 6.62. The zero-order chi connectivity index (χ0) is 21.7. The summed E-state index contributed by atoms with van der Waals surface area (Å²) in [5.74, 6) is -0.000610. The molecule has 1 aromatic heterocycles. The highest BCUT2D eigenvalue weighted by molar-refractivity contribution is 7.90. The van der Waals surface area contributed by atoms with Crippen LogP contribution in [0.5, 0.6) is 0 Å². The number of hydrogen-bond acceptors (Lipinski definition) is 5. The Morgan fingerprint density at radius 2 is 1.97 bits per heavy atom. The molecule has 30 heavy (non-hydrogen) atoms. The number of likely N-dealkylation sites (tertiary alicyclic amines) is 1. The van der Waals surface area contributed by atoms with E-state index in [2.05, 4.69) is 15.9 Å². The van der Waals surface area contributed by atoms with Crippen molar-refractivity contribution < 1.29 is 13.2 Å². The maximum atomic E-state index is 12.8. The SMILES string of the molecule is Cc1nn(CCC#N)c(C)c1CCC(=O)N1CCCC(S(=O)(=O)NC2CCCC2)C1. The number of aryl methyl sites for hydroxylation is 2. The van der Waals surface area contributed by atoms with Crippen molar-refractivity contribution in [2.75, 3.05) is 13.1 Å². The molecule has 8 nitrogen and oxygen atoms in total. The standard InChI is InChI=1S/C21H33N5O3S/c1-16-20(17(2)26(23-16)14-6-12-22)10-11-21(27)25-13-5-9-19(15-25)30(28,29)24-18-7-3-4-8-18/h18-19,24H,3-11,13-15H2,1-2H3. The second-order valence-corrected chi connectivity index (χ2v) is 10.5. The number of amides is 1. The Morgan fingerprint density at radius 1 is 1.23 bits per heavy atom. The van der Waals surface area contributed by atoms with Crippen molar-refractivity contribution in [1.82, 2.24) is 19.4 Å². The summed E-state index contributed by atoms with van der Waals surface area (Å²) in [5.41, 5.74) is 2.93. The van der Waals surface area contributed by atoms with E-state index >= 15 is 0 Å². The smallest absolute Gasteiger partial charge is 0.222 e. The van der Waals surface area contributed by atoms with Crippen LogP contribution in [0.15, 0.2) is 0 Å². The third kappa shape index (κ3) is 5.41. The lowest BCUT2D eigenvalue weighted by Gasteiger charge is -2.33. The lowest BCUT2D eigenvalue weighted by atomic mass is 10.1. The third-order valence-corrected chi connectivity index (χ3v) is 8.34. The quantitative estimate of drug-likeness (QED) is 0.673. The van der Waals surface area contributed by atoms with Gasteiger partial charge in [-0.05, 0) is 51.5 Å². The Bertz CT molecular complexity index is 896. The second-order valence-electron chi connectivity index (χ2n) is 8.53. The van der Waals surface area contributed by atoms with Crippen molar-refractivity contribution >= 4 is 15.9 Å². The Labute approximate surface area is 179 Å². The van der Waals surface area contributed by atoms with Crippen LogP contribution in [0.1, 0.15) is 68.3 Å². The fourth-order valence-electron chi connectivity index (χ4n) is 4.65. The molecule has 1 saturated heterocycles. The van der Waals surface area contributed by atoms with Crippen LogP contribution in [0, 0.1) is 25.2 Å². The molecule has 1 amide bonds. The van der Waals surface area contributed by atoms with Gasteiger partial charge in [-0.2, -0.15) is 10.4 Å². The van der Waals surface area contributed by atoms with Crippen molar-refractivity contribution in [3.05, 3.63) is 17.0 Å². The lowest BCUT2D eigenvalue weighted by molar-refractivity contribution is -0.131. The highest BCUT2D eigenvalue weighted by Gasteiger charge is 2.34. The maximum absolute atomic E-state index is 12.8. The second kappa shape index (κ2) is 9.92. The number of rotatable bonds is 8. The van der Waals surface area contributed by atoms with Crippen molar-refractivity contribution in [1.29, 1.82) is 5.26 Å². The first kappa shape index (κ1) is 22.8.